The summed E-state index contributed by atoms with van der Waals surface area (Å²) in [7, 11) is 0. The number of hydrogen-bond acceptors (Lipinski definition) is 4. The number of halogens is 2. The fourth-order valence-electron chi connectivity index (χ4n) is 5.77. The van der Waals surface area contributed by atoms with Gasteiger partial charge in [-0.3, -0.25) is 9.48 Å². The molecule has 0 spiro atoms. The van der Waals surface area contributed by atoms with Crippen LogP contribution in [0.4, 0.5) is 8.78 Å². The van der Waals surface area contributed by atoms with Crippen LogP contribution in [0.15, 0.2) is 41.6 Å². The molecule has 8 heteroatoms. The van der Waals surface area contributed by atoms with Crippen molar-refractivity contribution in [1.82, 2.24) is 19.8 Å². The Bertz CT molecular complexity index is 1230. The van der Waals surface area contributed by atoms with E-state index in [1.54, 1.807) is 6.21 Å². The van der Waals surface area contributed by atoms with Crippen molar-refractivity contribution in [2.24, 2.45) is 15.9 Å². The molecule has 3 heterocycles. The first kappa shape index (κ1) is 18.6. The van der Waals surface area contributed by atoms with Crippen molar-refractivity contribution in [2.45, 2.75) is 45.2 Å². The van der Waals surface area contributed by atoms with E-state index in [1.807, 2.05) is 29.9 Å². The zero-order valence-electron chi connectivity index (χ0n) is 17.1. The predicted molar refractivity (Wildman–Crippen MR) is 110 cm³/mol. The van der Waals surface area contributed by atoms with E-state index in [9.17, 15) is 13.6 Å². The molecular weight excluding hydrogens is 400 g/mol. The number of hydrazone groups is 1. The van der Waals surface area contributed by atoms with Crippen molar-refractivity contribution >= 4 is 23.2 Å². The summed E-state index contributed by atoms with van der Waals surface area (Å²) in [5.41, 5.74) is 2.83. The molecule has 2 bridgehead atoms. The van der Waals surface area contributed by atoms with Crippen LogP contribution in [0, 0.1) is 29.4 Å². The van der Waals surface area contributed by atoms with Crippen LogP contribution in [0.2, 0.25) is 0 Å². The number of benzene rings is 1. The lowest BCUT2D eigenvalue weighted by molar-refractivity contribution is -0.223. The molecule has 0 saturated heterocycles. The van der Waals surface area contributed by atoms with Gasteiger partial charge in [-0.25, -0.2) is 18.8 Å². The number of pyridine rings is 1. The van der Waals surface area contributed by atoms with E-state index in [0.29, 0.717) is 12.0 Å². The van der Waals surface area contributed by atoms with Gasteiger partial charge in [-0.05, 0) is 61.4 Å². The third kappa shape index (κ3) is 2.80. The molecule has 2 aromatic heterocycles. The van der Waals surface area contributed by atoms with E-state index in [1.165, 1.54) is 17.1 Å². The smallest absolute Gasteiger partial charge is 0.249 e. The molecule has 1 aliphatic heterocycles. The van der Waals surface area contributed by atoms with Gasteiger partial charge in [0.15, 0.2) is 0 Å². The molecule has 7 rings (SSSR count). The number of carbonyl (C=O) groups excluding carboxylic acids is 1. The lowest BCUT2D eigenvalue weighted by atomic mass is 9.34. The van der Waals surface area contributed by atoms with Gasteiger partial charge >= 0.3 is 0 Å². The first-order valence-corrected chi connectivity index (χ1v) is 10.5. The summed E-state index contributed by atoms with van der Waals surface area (Å²) in [6, 6.07) is 6.88. The van der Waals surface area contributed by atoms with Crippen LogP contribution < -0.4 is 0 Å². The van der Waals surface area contributed by atoms with Gasteiger partial charge in [0.1, 0.15) is 22.7 Å². The van der Waals surface area contributed by atoms with Crippen molar-refractivity contribution in [3.63, 3.8) is 0 Å². The molecule has 3 aliphatic carbocycles. The van der Waals surface area contributed by atoms with Crippen LogP contribution in [-0.2, 0) is 11.3 Å². The molecule has 6 nitrogen and oxygen atoms in total. The fourth-order valence-corrected chi connectivity index (χ4v) is 5.77. The van der Waals surface area contributed by atoms with Gasteiger partial charge in [0.25, 0.3) is 0 Å². The normalized spacial score (nSPS) is 28.6. The van der Waals surface area contributed by atoms with E-state index >= 15 is 0 Å². The van der Waals surface area contributed by atoms with Gasteiger partial charge in [-0.2, -0.15) is 10.2 Å². The number of carbonyl (C=O) groups is 1. The van der Waals surface area contributed by atoms with Crippen molar-refractivity contribution in [3.05, 3.63) is 59.4 Å². The SMILES string of the molecule is Cc1ccc2nn(CC34CC(C(=O)N5N=CCC5c5cc(F)cc(F)c5)(C3)C4)cc2n1. The highest BCUT2D eigenvalue weighted by molar-refractivity contribution is 5.88. The zero-order valence-corrected chi connectivity index (χ0v) is 17.1. The van der Waals surface area contributed by atoms with Crippen molar-refractivity contribution < 1.29 is 13.6 Å². The zero-order chi connectivity index (χ0) is 21.4. The van der Waals surface area contributed by atoms with Gasteiger partial charge in [-0.1, -0.05) is 0 Å². The third-order valence-corrected chi connectivity index (χ3v) is 6.95. The number of amides is 1. The highest BCUT2D eigenvalue weighted by Gasteiger charge is 2.72. The number of aryl methyl sites for hydroxylation is 1. The number of hydrogen-bond donors (Lipinski definition) is 0. The molecule has 1 amide bonds. The fraction of sp³-hybridized carbons (Fsp3) is 0.391. The molecule has 31 heavy (non-hydrogen) atoms. The second-order valence-electron chi connectivity index (χ2n) is 9.40. The number of nitrogens with zero attached hydrogens (tertiary/aromatic N) is 5. The third-order valence-electron chi connectivity index (χ3n) is 6.95. The van der Waals surface area contributed by atoms with Crippen molar-refractivity contribution in [3.8, 4) is 0 Å². The van der Waals surface area contributed by atoms with Gasteiger partial charge in [0.2, 0.25) is 5.91 Å². The predicted octanol–water partition coefficient (Wildman–Crippen LogP) is 4.15. The second kappa shape index (κ2) is 6.18. The van der Waals surface area contributed by atoms with Crippen LogP contribution in [0.3, 0.4) is 0 Å². The molecule has 1 atom stereocenters. The summed E-state index contributed by atoms with van der Waals surface area (Å²) in [6.45, 7) is 2.72. The summed E-state index contributed by atoms with van der Waals surface area (Å²) < 4.78 is 29.3. The highest BCUT2D eigenvalue weighted by Crippen LogP contribution is 2.74. The molecule has 3 fully saturated rings. The minimum absolute atomic E-state index is 0.0410. The molecule has 4 aliphatic rings. The minimum atomic E-state index is -0.643. The first-order chi connectivity index (χ1) is 14.8. The van der Waals surface area contributed by atoms with Crippen LogP contribution in [-0.4, -0.2) is 31.9 Å². The Morgan fingerprint density at radius 3 is 2.61 bits per heavy atom. The Labute approximate surface area is 177 Å². The molecule has 158 valence electrons. The summed E-state index contributed by atoms with van der Waals surface area (Å²) in [5.74, 6) is -1.33. The number of rotatable bonds is 4. The summed E-state index contributed by atoms with van der Waals surface area (Å²) in [4.78, 5) is 17.8. The molecular formula is C23H21F2N5O. The summed E-state index contributed by atoms with van der Waals surface area (Å²) >= 11 is 0. The second-order valence-corrected chi connectivity index (χ2v) is 9.40. The average Bonchev–Trinajstić information content (AvgIpc) is 3.28. The number of fused-ring (bicyclic) bond motifs is 1. The molecule has 0 N–H and O–H groups in total. The highest BCUT2D eigenvalue weighted by atomic mass is 19.1. The Hall–Kier alpha value is -3.16. The maximum Gasteiger partial charge on any atom is 0.249 e. The standard InChI is InChI=1S/C23H21F2N5O/c1-14-2-3-18-19(27-14)9-29(28-18)13-22-10-23(11-22,12-22)21(31)30-20(4-5-26-30)15-6-16(24)8-17(25)7-15/h2-3,5-9,20H,4,10-13H2,1H3. The molecule has 3 aromatic rings. The van der Waals surface area contributed by atoms with Gasteiger partial charge < -0.3 is 0 Å². The largest absolute Gasteiger partial charge is 0.272 e. The molecule has 0 radical (unpaired) electrons. The maximum atomic E-state index is 13.7. The van der Waals surface area contributed by atoms with E-state index in [2.05, 4.69) is 15.2 Å². The Balaban J connectivity index is 1.17. The monoisotopic (exact) mass is 421 g/mol. The van der Waals surface area contributed by atoms with Gasteiger partial charge in [-0.15, -0.1) is 0 Å². The lowest BCUT2D eigenvalue weighted by Crippen LogP contribution is -2.68. The van der Waals surface area contributed by atoms with Gasteiger partial charge in [0.05, 0.1) is 17.7 Å². The van der Waals surface area contributed by atoms with Crippen LogP contribution >= 0.6 is 0 Å². The first-order valence-electron chi connectivity index (χ1n) is 10.5. The van der Waals surface area contributed by atoms with E-state index in [4.69, 9.17) is 0 Å². The molecule has 1 unspecified atom stereocenters. The summed E-state index contributed by atoms with van der Waals surface area (Å²) in [6.07, 6.45) is 6.45. The Morgan fingerprint density at radius 1 is 1.13 bits per heavy atom. The maximum absolute atomic E-state index is 13.7. The van der Waals surface area contributed by atoms with Crippen molar-refractivity contribution in [1.29, 1.82) is 0 Å². The Morgan fingerprint density at radius 2 is 1.87 bits per heavy atom. The van der Waals surface area contributed by atoms with Crippen LogP contribution in [0.1, 0.15) is 43.0 Å². The quantitative estimate of drug-likeness (QED) is 0.636. The average molecular weight is 421 g/mol. The van der Waals surface area contributed by atoms with Crippen molar-refractivity contribution in [2.75, 3.05) is 0 Å². The van der Waals surface area contributed by atoms with E-state index < -0.39 is 23.1 Å². The minimum Gasteiger partial charge on any atom is -0.272 e. The topological polar surface area (TPSA) is 63.4 Å². The number of aromatic nitrogens is 3. The lowest BCUT2D eigenvalue weighted by Gasteiger charge is -2.69. The van der Waals surface area contributed by atoms with Gasteiger partial charge in [0, 0.05) is 30.9 Å². The van der Waals surface area contributed by atoms with E-state index in [-0.39, 0.29) is 11.3 Å². The molecule has 3 saturated carbocycles. The van der Waals surface area contributed by atoms with E-state index in [0.717, 1.165) is 48.6 Å². The molecule has 1 aromatic carbocycles. The summed E-state index contributed by atoms with van der Waals surface area (Å²) in [5, 5.41) is 10.3. The Kier molecular flexibility index (Phi) is 3.71. The van der Waals surface area contributed by atoms with Crippen LogP contribution in [0.25, 0.3) is 11.0 Å². The van der Waals surface area contributed by atoms with Crippen LogP contribution in [0.5, 0.6) is 0 Å².